The molecule has 0 bridgehead atoms. The number of aromatic nitrogens is 4. The first-order valence-electron chi connectivity index (χ1n) is 7.02. The van der Waals surface area contributed by atoms with Gasteiger partial charge < -0.3 is 9.97 Å². The first kappa shape index (κ1) is 13.1. The zero-order valence-electron chi connectivity index (χ0n) is 12.0. The number of hydrogen-bond acceptors (Lipinski definition) is 4. The van der Waals surface area contributed by atoms with Gasteiger partial charge in [-0.05, 0) is 36.4 Å². The van der Waals surface area contributed by atoms with E-state index in [0.717, 1.165) is 33.7 Å². The van der Waals surface area contributed by atoms with Crippen molar-refractivity contribution in [2.24, 2.45) is 0 Å². The Balaban J connectivity index is 1.70. The minimum atomic E-state index is 0.521. The molecule has 0 aliphatic carbocycles. The van der Waals surface area contributed by atoms with Crippen molar-refractivity contribution in [2.75, 3.05) is 0 Å². The van der Waals surface area contributed by atoms with E-state index in [-0.39, 0.29) is 0 Å². The number of benzene rings is 2. The third-order valence-electron chi connectivity index (χ3n) is 3.65. The zero-order valence-corrected chi connectivity index (χ0v) is 12.0. The van der Waals surface area contributed by atoms with E-state index in [2.05, 4.69) is 32.1 Å². The SMILES string of the molecule is N#Cc1ccc2nc(Cc3nc4ccc(C#N)cc4[nH]3)[nH]c2c1. The highest BCUT2D eigenvalue weighted by Crippen LogP contribution is 2.17. The standard InChI is InChI=1S/C17H10N6/c18-8-10-1-3-12-14(5-10)22-16(20-12)7-17-21-13-4-2-11(9-19)6-15(13)23-17/h1-6H,7H2,(H,20,22)(H,21,23). The fourth-order valence-corrected chi connectivity index (χ4v) is 2.59. The van der Waals surface area contributed by atoms with Crippen LogP contribution < -0.4 is 0 Å². The molecule has 108 valence electrons. The summed E-state index contributed by atoms with van der Waals surface area (Å²) in [5.74, 6) is 1.55. The maximum Gasteiger partial charge on any atom is 0.114 e. The van der Waals surface area contributed by atoms with Gasteiger partial charge in [0.1, 0.15) is 11.6 Å². The highest BCUT2D eigenvalue weighted by Gasteiger charge is 2.08. The highest BCUT2D eigenvalue weighted by molar-refractivity contribution is 5.78. The number of nitrogens with one attached hydrogen (secondary N) is 2. The first-order valence-corrected chi connectivity index (χ1v) is 7.02. The van der Waals surface area contributed by atoms with E-state index in [1.54, 1.807) is 24.3 Å². The number of nitrogens with zero attached hydrogens (tertiary/aromatic N) is 4. The molecule has 0 atom stereocenters. The molecule has 6 nitrogen and oxygen atoms in total. The van der Waals surface area contributed by atoms with Crippen molar-refractivity contribution in [1.82, 2.24) is 19.9 Å². The van der Waals surface area contributed by atoms with Crippen LogP contribution in [-0.2, 0) is 6.42 Å². The van der Waals surface area contributed by atoms with E-state index >= 15 is 0 Å². The maximum absolute atomic E-state index is 8.94. The molecule has 0 saturated carbocycles. The van der Waals surface area contributed by atoms with Crippen LogP contribution in [0.3, 0.4) is 0 Å². The number of hydrogen-bond donors (Lipinski definition) is 2. The van der Waals surface area contributed by atoms with Crippen molar-refractivity contribution in [2.45, 2.75) is 6.42 Å². The summed E-state index contributed by atoms with van der Waals surface area (Å²) in [5.41, 5.74) is 4.51. The van der Waals surface area contributed by atoms with Gasteiger partial charge in [-0.3, -0.25) is 0 Å². The van der Waals surface area contributed by atoms with Gasteiger partial charge in [-0.2, -0.15) is 10.5 Å². The van der Waals surface area contributed by atoms with Crippen molar-refractivity contribution in [3.05, 3.63) is 59.2 Å². The Morgan fingerprint density at radius 3 is 1.70 bits per heavy atom. The summed E-state index contributed by atoms with van der Waals surface area (Å²) < 4.78 is 0. The van der Waals surface area contributed by atoms with Gasteiger partial charge >= 0.3 is 0 Å². The van der Waals surface area contributed by atoms with Gasteiger partial charge in [0, 0.05) is 0 Å². The normalized spacial score (nSPS) is 10.7. The lowest BCUT2D eigenvalue weighted by atomic mass is 10.2. The Hall–Kier alpha value is -3.64. The lowest BCUT2D eigenvalue weighted by molar-refractivity contribution is 0.960. The van der Waals surface area contributed by atoms with Gasteiger partial charge in [0.15, 0.2) is 0 Å². The van der Waals surface area contributed by atoms with E-state index < -0.39 is 0 Å². The molecule has 0 spiro atoms. The molecule has 6 heteroatoms. The Labute approximate surface area is 131 Å². The second-order valence-corrected chi connectivity index (χ2v) is 5.23. The van der Waals surface area contributed by atoms with Crippen LogP contribution in [0.4, 0.5) is 0 Å². The van der Waals surface area contributed by atoms with Crippen LogP contribution in [0.1, 0.15) is 22.8 Å². The van der Waals surface area contributed by atoms with E-state index in [0.29, 0.717) is 17.5 Å². The minimum absolute atomic E-state index is 0.521. The minimum Gasteiger partial charge on any atom is -0.342 e. The third kappa shape index (κ3) is 2.29. The van der Waals surface area contributed by atoms with E-state index in [9.17, 15) is 0 Å². The number of fused-ring (bicyclic) bond motifs is 2. The van der Waals surface area contributed by atoms with Crippen molar-refractivity contribution >= 4 is 22.1 Å². The maximum atomic E-state index is 8.94. The van der Waals surface area contributed by atoms with E-state index in [1.807, 2.05) is 12.1 Å². The molecular formula is C17H10N6. The molecule has 0 radical (unpaired) electrons. The van der Waals surface area contributed by atoms with Crippen molar-refractivity contribution in [3.8, 4) is 12.1 Å². The van der Waals surface area contributed by atoms with Crippen molar-refractivity contribution in [3.63, 3.8) is 0 Å². The van der Waals surface area contributed by atoms with Crippen LogP contribution in [0, 0.1) is 22.7 Å². The molecule has 2 aromatic carbocycles. The molecule has 0 unspecified atom stereocenters. The van der Waals surface area contributed by atoms with Gasteiger partial charge in [0.05, 0.1) is 51.8 Å². The van der Waals surface area contributed by atoms with Crippen LogP contribution >= 0.6 is 0 Å². The molecule has 2 N–H and O–H groups in total. The molecule has 0 aliphatic rings. The number of aromatic amines is 2. The second kappa shape index (κ2) is 4.97. The molecule has 0 amide bonds. The summed E-state index contributed by atoms with van der Waals surface area (Å²) in [6.07, 6.45) is 0.521. The quantitative estimate of drug-likeness (QED) is 0.593. The topological polar surface area (TPSA) is 105 Å². The van der Waals surface area contributed by atoms with Gasteiger partial charge in [-0.1, -0.05) is 0 Å². The predicted molar refractivity (Wildman–Crippen MR) is 84.4 cm³/mol. The second-order valence-electron chi connectivity index (χ2n) is 5.23. The molecule has 4 aromatic rings. The summed E-state index contributed by atoms with van der Waals surface area (Å²) in [6.45, 7) is 0. The Morgan fingerprint density at radius 2 is 1.26 bits per heavy atom. The Morgan fingerprint density at radius 1 is 0.783 bits per heavy atom. The number of H-pyrrole nitrogens is 2. The fraction of sp³-hybridized carbons (Fsp3) is 0.0588. The van der Waals surface area contributed by atoms with Crippen LogP contribution in [0.15, 0.2) is 36.4 Å². The molecule has 23 heavy (non-hydrogen) atoms. The molecular weight excluding hydrogens is 288 g/mol. The summed E-state index contributed by atoms with van der Waals surface area (Å²) in [7, 11) is 0. The van der Waals surface area contributed by atoms with Gasteiger partial charge in [0.25, 0.3) is 0 Å². The van der Waals surface area contributed by atoms with Crippen LogP contribution in [-0.4, -0.2) is 19.9 Å². The van der Waals surface area contributed by atoms with Gasteiger partial charge in [-0.15, -0.1) is 0 Å². The van der Waals surface area contributed by atoms with E-state index in [1.165, 1.54) is 0 Å². The average Bonchev–Trinajstić information content (AvgIpc) is 3.15. The molecule has 0 fully saturated rings. The molecule has 2 heterocycles. The van der Waals surface area contributed by atoms with Crippen LogP contribution in [0.25, 0.3) is 22.1 Å². The Kier molecular flexibility index (Phi) is 2.82. The third-order valence-corrected chi connectivity index (χ3v) is 3.65. The largest absolute Gasteiger partial charge is 0.342 e. The number of nitriles is 2. The van der Waals surface area contributed by atoms with Gasteiger partial charge in [0.2, 0.25) is 0 Å². The summed E-state index contributed by atoms with van der Waals surface area (Å²) in [4.78, 5) is 15.4. The lowest BCUT2D eigenvalue weighted by Gasteiger charge is -1.91. The van der Waals surface area contributed by atoms with Crippen LogP contribution in [0.5, 0.6) is 0 Å². The van der Waals surface area contributed by atoms with E-state index in [4.69, 9.17) is 10.5 Å². The summed E-state index contributed by atoms with van der Waals surface area (Å²) in [5, 5.41) is 17.9. The number of rotatable bonds is 2. The number of imidazole rings is 2. The molecule has 0 saturated heterocycles. The van der Waals surface area contributed by atoms with Crippen molar-refractivity contribution in [1.29, 1.82) is 10.5 Å². The summed E-state index contributed by atoms with van der Waals surface area (Å²) in [6, 6.07) is 14.9. The van der Waals surface area contributed by atoms with Gasteiger partial charge in [-0.25, -0.2) is 9.97 Å². The molecule has 4 rings (SSSR count). The fourth-order valence-electron chi connectivity index (χ4n) is 2.59. The average molecular weight is 298 g/mol. The smallest absolute Gasteiger partial charge is 0.114 e. The monoisotopic (exact) mass is 298 g/mol. The lowest BCUT2D eigenvalue weighted by Crippen LogP contribution is -1.92. The molecule has 2 aromatic heterocycles. The molecule has 0 aliphatic heterocycles. The Bertz CT molecular complexity index is 1030. The first-order chi connectivity index (χ1) is 11.2. The zero-order chi connectivity index (χ0) is 15.8. The summed E-state index contributed by atoms with van der Waals surface area (Å²) >= 11 is 0. The highest BCUT2D eigenvalue weighted by atomic mass is 15.0. The predicted octanol–water partition coefficient (Wildman–Crippen LogP) is 2.77. The van der Waals surface area contributed by atoms with Crippen LogP contribution in [0.2, 0.25) is 0 Å². The van der Waals surface area contributed by atoms with Crippen molar-refractivity contribution < 1.29 is 0 Å².